The monoisotopic (exact) mass is 386 g/mol. The molecular formula is C25H26N2O2. The molecule has 0 fully saturated rings. The smallest absolute Gasteiger partial charge is 0.143 e. The Morgan fingerprint density at radius 3 is 2.69 bits per heavy atom. The van der Waals surface area contributed by atoms with Crippen molar-refractivity contribution in [2.24, 2.45) is 5.92 Å². The van der Waals surface area contributed by atoms with Crippen LogP contribution in [0.3, 0.4) is 0 Å². The number of aromatic nitrogens is 2. The van der Waals surface area contributed by atoms with Gasteiger partial charge in [-0.1, -0.05) is 55.5 Å². The quantitative estimate of drug-likeness (QED) is 0.424. The number of nitrogens with zero attached hydrogens (tertiary/aromatic N) is 1. The Morgan fingerprint density at radius 2 is 1.90 bits per heavy atom. The third-order valence-electron chi connectivity index (χ3n) is 5.26. The lowest BCUT2D eigenvalue weighted by Crippen LogP contribution is -2.07. The average Bonchev–Trinajstić information content (AvgIpc) is 3.17. The first-order chi connectivity index (χ1) is 14.2. The first-order valence-corrected chi connectivity index (χ1v) is 10.0. The molecule has 0 radical (unpaired) electrons. The van der Waals surface area contributed by atoms with E-state index in [4.69, 9.17) is 4.74 Å². The normalized spacial score (nSPS) is 13.3. The molecule has 0 amide bonds. The molecule has 4 nitrogen and oxygen atoms in total. The van der Waals surface area contributed by atoms with Gasteiger partial charge in [-0.15, -0.1) is 0 Å². The molecule has 0 saturated carbocycles. The first-order valence-electron chi connectivity index (χ1n) is 10.0. The van der Waals surface area contributed by atoms with Crippen LogP contribution in [0.1, 0.15) is 36.1 Å². The highest BCUT2D eigenvalue weighted by molar-refractivity contribution is 5.88. The lowest BCUT2D eigenvalue weighted by molar-refractivity contribution is 0.147. The summed E-state index contributed by atoms with van der Waals surface area (Å²) in [6.45, 7) is 2.72. The molecule has 2 N–H and O–H groups in total. The maximum atomic E-state index is 10.5. The summed E-state index contributed by atoms with van der Waals surface area (Å²) >= 11 is 0. The van der Waals surface area contributed by atoms with Gasteiger partial charge in [0.05, 0.1) is 11.6 Å². The van der Waals surface area contributed by atoms with Gasteiger partial charge in [0.1, 0.15) is 12.4 Å². The molecule has 0 spiro atoms. The number of aromatic amines is 1. The molecule has 29 heavy (non-hydrogen) atoms. The number of H-pyrrole nitrogens is 1. The molecule has 0 aliphatic heterocycles. The molecule has 0 bridgehead atoms. The zero-order valence-corrected chi connectivity index (χ0v) is 16.6. The topological polar surface area (TPSA) is 58.1 Å². The highest BCUT2D eigenvalue weighted by Crippen LogP contribution is 2.31. The van der Waals surface area contributed by atoms with E-state index in [2.05, 4.69) is 41.3 Å². The Bertz CT molecular complexity index is 1040. The molecule has 0 aliphatic rings. The Balaban J connectivity index is 1.44. The Hall–Kier alpha value is -3.11. The van der Waals surface area contributed by atoms with Crippen molar-refractivity contribution in [3.63, 3.8) is 0 Å². The van der Waals surface area contributed by atoms with Gasteiger partial charge >= 0.3 is 0 Å². The van der Waals surface area contributed by atoms with E-state index in [1.165, 1.54) is 10.9 Å². The fourth-order valence-corrected chi connectivity index (χ4v) is 3.76. The van der Waals surface area contributed by atoms with Crippen LogP contribution in [0.25, 0.3) is 10.9 Å². The summed E-state index contributed by atoms with van der Waals surface area (Å²) < 4.78 is 6.07. The van der Waals surface area contributed by atoms with Crippen LogP contribution in [0.15, 0.2) is 79.3 Å². The largest absolute Gasteiger partial charge is 0.487 e. The van der Waals surface area contributed by atoms with E-state index >= 15 is 0 Å². The first kappa shape index (κ1) is 19.2. The number of fused-ring (bicyclic) bond motifs is 1. The number of hydrogen-bond donors (Lipinski definition) is 2. The van der Waals surface area contributed by atoms with E-state index < -0.39 is 6.10 Å². The van der Waals surface area contributed by atoms with Crippen molar-refractivity contribution in [3.8, 4) is 5.75 Å². The number of aliphatic hydroxyl groups is 1. The average molecular weight is 386 g/mol. The van der Waals surface area contributed by atoms with Crippen LogP contribution >= 0.6 is 0 Å². The predicted octanol–water partition coefficient (Wildman–Crippen LogP) is 5.44. The van der Waals surface area contributed by atoms with E-state index in [0.29, 0.717) is 18.9 Å². The Morgan fingerprint density at radius 1 is 1.03 bits per heavy atom. The zero-order chi connectivity index (χ0) is 20.1. The molecule has 4 heteroatoms. The van der Waals surface area contributed by atoms with Gasteiger partial charge in [0.25, 0.3) is 0 Å². The lowest BCUT2D eigenvalue weighted by atomic mass is 9.93. The molecule has 0 saturated heterocycles. The van der Waals surface area contributed by atoms with Crippen molar-refractivity contribution < 1.29 is 9.84 Å². The van der Waals surface area contributed by atoms with Gasteiger partial charge in [-0.3, -0.25) is 4.98 Å². The summed E-state index contributed by atoms with van der Waals surface area (Å²) in [5.74, 6) is 1.19. The number of hydrogen-bond acceptors (Lipinski definition) is 3. The van der Waals surface area contributed by atoms with Crippen molar-refractivity contribution in [2.45, 2.75) is 32.5 Å². The van der Waals surface area contributed by atoms with Crippen molar-refractivity contribution in [3.05, 3.63) is 95.9 Å². The second kappa shape index (κ2) is 8.93. The minimum absolute atomic E-state index is 0.332. The highest BCUT2D eigenvalue weighted by Gasteiger charge is 2.16. The number of rotatable bonds is 8. The molecule has 4 aromatic rings. The van der Waals surface area contributed by atoms with Crippen LogP contribution in [0, 0.1) is 5.92 Å². The summed E-state index contributed by atoms with van der Waals surface area (Å²) in [6.07, 6.45) is 6.62. The molecule has 148 valence electrons. The maximum Gasteiger partial charge on any atom is 0.143 e. The molecular weight excluding hydrogens is 360 g/mol. The van der Waals surface area contributed by atoms with Gasteiger partial charge in [0, 0.05) is 24.0 Å². The summed E-state index contributed by atoms with van der Waals surface area (Å²) in [5, 5.41) is 11.7. The van der Waals surface area contributed by atoms with Gasteiger partial charge in [0.15, 0.2) is 0 Å². The minimum Gasteiger partial charge on any atom is -0.487 e. The molecule has 0 aliphatic carbocycles. The molecule has 2 atom stereocenters. The Labute approximate surface area is 171 Å². The second-order valence-corrected chi connectivity index (χ2v) is 7.61. The molecule has 2 heterocycles. The summed E-state index contributed by atoms with van der Waals surface area (Å²) in [5.41, 5.74) is 4.29. The standard InChI is InChI=1S/C25H26N2O2/c1-18(14-23(28)20-9-6-12-26-15-20)13-21-16-27-25-22(21)10-5-11-24(25)29-17-19-7-3-2-4-8-19/h2-12,15-16,18,23,27-28H,13-14,17H2,1H3/t18-,23+/m0/s1. The minimum atomic E-state index is -0.492. The van der Waals surface area contributed by atoms with Crippen LogP contribution in [0.4, 0.5) is 0 Å². The van der Waals surface area contributed by atoms with Crippen LogP contribution in [-0.2, 0) is 13.0 Å². The summed E-state index contributed by atoms with van der Waals surface area (Å²) in [4.78, 5) is 7.49. The predicted molar refractivity (Wildman–Crippen MR) is 116 cm³/mol. The second-order valence-electron chi connectivity index (χ2n) is 7.61. The van der Waals surface area contributed by atoms with E-state index in [9.17, 15) is 5.11 Å². The number of nitrogens with one attached hydrogen (secondary N) is 1. The highest BCUT2D eigenvalue weighted by atomic mass is 16.5. The summed E-state index contributed by atoms with van der Waals surface area (Å²) in [7, 11) is 0. The van der Waals surface area contributed by atoms with Gasteiger partial charge in [-0.25, -0.2) is 0 Å². The fraction of sp³-hybridized carbons (Fsp3) is 0.240. The SMILES string of the molecule is C[C@@H](Cc1c[nH]c2c(OCc3ccccc3)cccc12)C[C@@H](O)c1cccnc1. The number of pyridine rings is 1. The van der Waals surface area contributed by atoms with Crippen LogP contribution in [0.5, 0.6) is 5.75 Å². The van der Waals surface area contributed by atoms with Crippen molar-refractivity contribution in [1.82, 2.24) is 9.97 Å². The van der Waals surface area contributed by atoms with E-state index in [-0.39, 0.29) is 0 Å². The molecule has 2 aromatic heterocycles. The van der Waals surface area contributed by atoms with Crippen molar-refractivity contribution in [1.29, 1.82) is 0 Å². The number of ether oxygens (including phenoxy) is 1. The van der Waals surface area contributed by atoms with Crippen LogP contribution < -0.4 is 4.74 Å². The molecule has 2 aromatic carbocycles. The zero-order valence-electron chi connectivity index (χ0n) is 16.6. The van der Waals surface area contributed by atoms with E-state index in [0.717, 1.165) is 28.8 Å². The molecule has 4 rings (SSSR count). The van der Waals surface area contributed by atoms with Gasteiger partial charge in [0.2, 0.25) is 0 Å². The van der Waals surface area contributed by atoms with Gasteiger partial charge in [-0.05, 0) is 47.6 Å². The Kier molecular flexibility index (Phi) is 5.92. The molecule has 0 unspecified atom stereocenters. The van der Waals surface area contributed by atoms with Crippen molar-refractivity contribution in [2.75, 3.05) is 0 Å². The number of benzene rings is 2. The third kappa shape index (κ3) is 4.66. The number of aliphatic hydroxyl groups excluding tert-OH is 1. The van der Waals surface area contributed by atoms with E-state index in [1.54, 1.807) is 12.4 Å². The van der Waals surface area contributed by atoms with Gasteiger partial charge in [-0.2, -0.15) is 0 Å². The van der Waals surface area contributed by atoms with Crippen LogP contribution in [-0.4, -0.2) is 15.1 Å². The van der Waals surface area contributed by atoms with Crippen molar-refractivity contribution >= 4 is 10.9 Å². The van der Waals surface area contributed by atoms with E-state index in [1.807, 2.05) is 42.5 Å². The lowest BCUT2D eigenvalue weighted by Gasteiger charge is -2.16. The van der Waals surface area contributed by atoms with Gasteiger partial charge < -0.3 is 14.8 Å². The third-order valence-corrected chi connectivity index (χ3v) is 5.26. The summed E-state index contributed by atoms with van der Waals surface area (Å²) in [6, 6.07) is 20.1. The fourth-order valence-electron chi connectivity index (χ4n) is 3.76. The number of para-hydroxylation sites is 1. The van der Waals surface area contributed by atoms with Crippen LogP contribution in [0.2, 0.25) is 0 Å². The maximum absolute atomic E-state index is 10.5.